The Balaban J connectivity index is 1.72. The fourth-order valence-corrected chi connectivity index (χ4v) is 6.14. The van der Waals surface area contributed by atoms with Crippen molar-refractivity contribution < 1.29 is 18.3 Å². The van der Waals surface area contributed by atoms with E-state index >= 15 is 0 Å². The van der Waals surface area contributed by atoms with Crippen LogP contribution in [-0.2, 0) is 9.53 Å². The van der Waals surface area contributed by atoms with Crippen LogP contribution in [-0.4, -0.2) is 18.6 Å². The molecule has 5 atom stereocenters. The van der Waals surface area contributed by atoms with Crippen molar-refractivity contribution in [3.8, 4) is 0 Å². The lowest BCUT2D eigenvalue weighted by atomic mass is 9.58. The maximum absolute atomic E-state index is 14.5. The first-order chi connectivity index (χ1) is 12.7. The van der Waals surface area contributed by atoms with Crippen molar-refractivity contribution in [1.29, 1.82) is 0 Å². The number of halogens is 2. The Labute approximate surface area is 159 Å². The van der Waals surface area contributed by atoms with E-state index in [4.69, 9.17) is 4.74 Å². The van der Waals surface area contributed by atoms with Gasteiger partial charge in [-0.15, -0.1) is 0 Å². The smallest absolute Gasteiger partial charge is 0.222 e. The highest BCUT2D eigenvalue weighted by atomic mass is 19.2. The van der Waals surface area contributed by atoms with Gasteiger partial charge in [0.15, 0.2) is 11.6 Å². The van der Waals surface area contributed by atoms with Gasteiger partial charge in [-0.1, -0.05) is 39.8 Å². The van der Waals surface area contributed by atoms with Gasteiger partial charge in [-0.05, 0) is 48.0 Å². The minimum atomic E-state index is -0.830. The number of benzene rings is 1. The first kappa shape index (κ1) is 18.9. The van der Waals surface area contributed by atoms with Crippen molar-refractivity contribution in [1.82, 2.24) is 5.32 Å². The molecule has 3 aliphatic rings. The van der Waals surface area contributed by atoms with Gasteiger partial charge in [0.1, 0.15) is 0 Å². The van der Waals surface area contributed by atoms with E-state index in [1.165, 1.54) is 0 Å². The summed E-state index contributed by atoms with van der Waals surface area (Å²) >= 11 is 0. The summed E-state index contributed by atoms with van der Waals surface area (Å²) < 4.78 is 34.4. The second-order valence-corrected chi connectivity index (χ2v) is 9.58. The first-order valence-electron chi connectivity index (χ1n) is 10.0. The fraction of sp³-hybridized carbons (Fsp3) is 0.682. The summed E-state index contributed by atoms with van der Waals surface area (Å²) in [5.74, 6) is -1.10. The molecule has 1 unspecified atom stereocenters. The predicted octanol–water partition coefficient (Wildman–Crippen LogP) is 4.62. The maximum Gasteiger partial charge on any atom is 0.222 e. The third kappa shape index (κ3) is 2.65. The van der Waals surface area contributed by atoms with E-state index in [0.29, 0.717) is 18.1 Å². The second kappa shape index (κ2) is 6.26. The summed E-state index contributed by atoms with van der Waals surface area (Å²) in [5.41, 5.74) is 0.197. The van der Waals surface area contributed by atoms with Crippen LogP contribution in [0.5, 0.6) is 0 Å². The zero-order valence-corrected chi connectivity index (χ0v) is 16.5. The number of hydrogen-bond donors (Lipinski definition) is 1. The summed E-state index contributed by atoms with van der Waals surface area (Å²) in [5, 5.41) is 3.33. The molecule has 3 nitrogen and oxygen atoms in total. The van der Waals surface area contributed by atoms with Crippen molar-refractivity contribution >= 4 is 5.91 Å². The third-order valence-corrected chi connectivity index (χ3v) is 7.60. The van der Waals surface area contributed by atoms with Gasteiger partial charge in [0, 0.05) is 24.1 Å². The number of hydrogen-bond acceptors (Lipinski definition) is 2. The third-order valence-electron chi connectivity index (χ3n) is 7.60. The Morgan fingerprint density at radius 1 is 1.30 bits per heavy atom. The zero-order chi connectivity index (χ0) is 19.6. The van der Waals surface area contributed by atoms with Crippen LogP contribution in [0.1, 0.15) is 58.6 Å². The summed E-state index contributed by atoms with van der Waals surface area (Å²) in [4.78, 5) is 12.5. The molecule has 1 saturated heterocycles. The van der Waals surface area contributed by atoms with Crippen LogP contribution < -0.4 is 5.32 Å². The Hall–Kier alpha value is -1.49. The summed E-state index contributed by atoms with van der Waals surface area (Å²) in [6.45, 7) is 8.79. The molecule has 2 bridgehead atoms. The minimum Gasteiger partial charge on any atom is -0.373 e. The van der Waals surface area contributed by atoms with Gasteiger partial charge in [-0.3, -0.25) is 4.79 Å². The van der Waals surface area contributed by atoms with Gasteiger partial charge >= 0.3 is 0 Å². The highest BCUT2D eigenvalue weighted by molar-refractivity contribution is 5.78. The van der Waals surface area contributed by atoms with E-state index in [-0.39, 0.29) is 34.6 Å². The molecule has 1 N–H and O–H groups in total. The maximum atomic E-state index is 14.5. The molecule has 2 saturated carbocycles. The van der Waals surface area contributed by atoms with Gasteiger partial charge in [-0.2, -0.15) is 0 Å². The van der Waals surface area contributed by atoms with Crippen LogP contribution in [0.3, 0.4) is 0 Å². The quantitative estimate of drug-likeness (QED) is 0.835. The number of nitrogens with one attached hydrogen (secondary N) is 1. The number of carbonyl (C=O) groups excluding carboxylic acids is 1. The lowest BCUT2D eigenvalue weighted by Gasteiger charge is -2.53. The number of rotatable bonds is 3. The van der Waals surface area contributed by atoms with Crippen LogP contribution in [0.2, 0.25) is 0 Å². The molecular weight excluding hydrogens is 348 g/mol. The molecule has 1 aliphatic heterocycles. The molecule has 0 radical (unpaired) electrons. The second-order valence-electron chi connectivity index (χ2n) is 9.58. The predicted molar refractivity (Wildman–Crippen MR) is 98.9 cm³/mol. The molecule has 4 rings (SSSR count). The van der Waals surface area contributed by atoms with Gasteiger partial charge < -0.3 is 10.1 Å². The van der Waals surface area contributed by atoms with Gasteiger partial charge in [0.05, 0.1) is 6.10 Å². The summed E-state index contributed by atoms with van der Waals surface area (Å²) in [6.07, 6.45) is 2.36. The fourth-order valence-electron chi connectivity index (χ4n) is 6.14. The highest BCUT2D eigenvalue weighted by Crippen LogP contribution is 2.70. The van der Waals surface area contributed by atoms with E-state index in [1.807, 2.05) is 13.8 Å². The normalized spacial score (nSPS) is 36.7. The average molecular weight is 377 g/mol. The Morgan fingerprint density at radius 2 is 2.04 bits per heavy atom. The van der Waals surface area contributed by atoms with E-state index in [9.17, 15) is 13.6 Å². The van der Waals surface area contributed by atoms with E-state index in [1.54, 1.807) is 12.1 Å². The Morgan fingerprint density at radius 3 is 2.74 bits per heavy atom. The molecule has 1 aromatic carbocycles. The van der Waals surface area contributed by atoms with E-state index in [2.05, 4.69) is 19.2 Å². The van der Waals surface area contributed by atoms with Crippen LogP contribution in [0, 0.1) is 40.2 Å². The number of fused-ring (bicyclic) bond motifs is 1. The number of ether oxygens (including phenoxy) is 1. The standard InChI is InChI=1S/C22H29F2NO2/c1-12(2)19(26)25-20-21(3,4)13-10-15-18(27-9-8-22(15,20)11-13)14-6-5-7-16(23)17(14)24/h5-7,12-13,15,18,20H,8-11H2,1-4H3,(H,25,26)/t13-,15-,18-,20+,22?/m1/s1. The summed E-state index contributed by atoms with van der Waals surface area (Å²) in [6, 6.07) is 4.37. The highest BCUT2D eigenvalue weighted by Gasteiger charge is 2.68. The van der Waals surface area contributed by atoms with Crippen LogP contribution in [0.4, 0.5) is 8.78 Å². The lowest BCUT2D eigenvalue weighted by Crippen LogP contribution is -2.59. The largest absolute Gasteiger partial charge is 0.373 e. The molecular formula is C22H29F2NO2. The van der Waals surface area contributed by atoms with Crippen molar-refractivity contribution in [2.24, 2.45) is 28.6 Å². The van der Waals surface area contributed by atoms with Crippen molar-refractivity contribution in [2.75, 3.05) is 6.61 Å². The minimum absolute atomic E-state index is 0.0105. The van der Waals surface area contributed by atoms with E-state index < -0.39 is 17.7 Å². The van der Waals surface area contributed by atoms with Gasteiger partial charge in [-0.25, -0.2) is 8.78 Å². The molecule has 2 aliphatic carbocycles. The molecule has 1 amide bonds. The SMILES string of the molecule is CC(C)C(=O)N[C@H]1C(C)(C)[C@@H]2C[C@@H]3[C@@H](c4cccc(F)c4F)OCCC31C2. The van der Waals surface area contributed by atoms with Crippen LogP contribution >= 0.6 is 0 Å². The number of amides is 1. The summed E-state index contributed by atoms with van der Waals surface area (Å²) in [7, 11) is 0. The molecule has 1 aromatic rings. The molecule has 148 valence electrons. The first-order valence-corrected chi connectivity index (χ1v) is 10.0. The zero-order valence-electron chi connectivity index (χ0n) is 16.5. The van der Waals surface area contributed by atoms with E-state index in [0.717, 1.165) is 25.3 Å². The van der Waals surface area contributed by atoms with Crippen molar-refractivity contribution in [2.45, 2.75) is 59.1 Å². The van der Waals surface area contributed by atoms with Crippen LogP contribution in [0.25, 0.3) is 0 Å². The molecule has 1 heterocycles. The average Bonchev–Trinajstić information content (AvgIpc) is 3.10. The van der Waals surface area contributed by atoms with Gasteiger partial charge in [0.2, 0.25) is 5.91 Å². The Bertz CT molecular complexity index is 763. The molecule has 5 heteroatoms. The topological polar surface area (TPSA) is 38.3 Å². The molecule has 0 aromatic heterocycles. The van der Waals surface area contributed by atoms with Crippen molar-refractivity contribution in [3.05, 3.63) is 35.4 Å². The lowest BCUT2D eigenvalue weighted by molar-refractivity contribution is -0.139. The molecule has 27 heavy (non-hydrogen) atoms. The number of carbonyl (C=O) groups is 1. The van der Waals surface area contributed by atoms with Gasteiger partial charge in [0.25, 0.3) is 0 Å². The monoisotopic (exact) mass is 377 g/mol. The molecule has 1 spiro atoms. The van der Waals surface area contributed by atoms with Crippen LogP contribution in [0.15, 0.2) is 18.2 Å². The molecule has 3 fully saturated rings. The van der Waals surface area contributed by atoms with Crippen molar-refractivity contribution in [3.63, 3.8) is 0 Å². The Kier molecular flexibility index (Phi) is 4.37.